The lowest BCUT2D eigenvalue weighted by Gasteiger charge is -2.36. The van der Waals surface area contributed by atoms with Gasteiger partial charge in [0.1, 0.15) is 22.5 Å². The van der Waals surface area contributed by atoms with Crippen LogP contribution in [-0.4, -0.2) is 69.7 Å². The van der Waals surface area contributed by atoms with Crippen molar-refractivity contribution in [3.05, 3.63) is 51.2 Å². The van der Waals surface area contributed by atoms with Gasteiger partial charge in [0.05, 0.1) is 5.39 Å². The van der Waals surface area contributed by atoms with E-state index in [4.69, 9.17) is 9.97 Å². The average Bonchev–Trinajstić information content (AvgIpc) is 3.45. The van der Waals surface area contributed by atoms with Crippen molar-refractivity contribution < 1.29 is 14.4 Å². The highest BCUT2D eigenvalue weighted by Crippen LogP contribution is 2.40. The number of carbonyl (C=O) groups excluding carboxylic acids is 3. The summed E-state index contributed by atoms with van der Waals surface area (Å²) in [7, 11) is 0. The summed E-state index contributed by atoms with van der Waals surface area (Å²) in [5, 5.41) is 3.66. The fraction of sp³-hybridized carbons (Fsp3) is 0.483. The molecule has 5 heterocycles. The van der Waals surface area contributed by atoms with Crippen LogP contribution in [0.4, 0.5) is 5.82 Å². The second kappa shape index (κ2) is 9.67. The number of nitrogens with zero attached hydrogens (tertiary/aromatic N) is 5. The third-order valence-electron chi connectivity index (χ3n) is 8.57. The molecule has 202 valence electrons. The van der Waals surface area contributed by atoms with E-state index in [9.17, 15) is 14.4 Å². The summed E-state index contributed by atoms with van der Waals surface area (Å²) in [5.41, 5.74) is 4.28. The maximum atomic E-state index is 13.0. The molecular weight excluding hydrogens is 512 g/mol. The molecule has 1 atom stereocenters. The molecule has 39 heavy (non-hydrogen) atoms. The number of aromatic nitrogens is 2. The summed E-state index contributed by atoms with van der Waals surface area (Å²) >= 11 is 1.86. The molecule has 2 fully saturated rings. The zero-order chi connectivity index (χ0) is 26.7. The van der Waals surface area contributed by atoms with Crippen LogP contribution in [0.5, 0.6) is 0 Å². The van der Waals surface area contributed by atoms with Crippen LogP contribution in [0.15, 0.2) is 18.2 Å². The lowest BCUT2D eigenvalue weighted by Crippen LogP contribution is -2.52. The van der Waals surface area contributed by atoms with E-state index in [2.05, 4.69) is 21.2 Å². The van der Waals surface area contributed by atoms with Crippen LogP contribution in [0, 0.1) is 6.92 Å². The highest BCUT2D eigenvalue weighted by Gasteiger charge is 2.39. The van der Waals surface area contributed by atoms with Crippen LogP contribution < -0.4 is 10.2 Å². The highest BCUT2D eigenvalue weighted by atomic mass is 32.1. The first-order chi connectivity index (χ1) is 18.9. The molecule has 0 bridgehead atoms. The number of hydrogen-bond acceptors (Lipinski definition) is 8. The average molecular weight is 545 g/mol. The molecule has 1 aromatic carbocycles. The van der Waals surface area contributed by atoms with Gasteiger partial charge in [-0.25, -0.2) is 9.97 Å². The van der Waals surface area contributed by atoms with Crippen molar-refractivity contribution >= 4 is 45.1 Å². The number of amides is 3. The monoisotopic (exact) mass is 544 g/mol. The van der Waals surface area contributed by atoms with E-state index < -0.39 is 6.04 Å². The van der Waals surface area contributed by atoms with Gasteiger partial charge < -0.3 is 9.80 Å². The standard InChI is InChI=1S/C29H32N6O3S/c1-17-30-26(25-21-4-2-3-5-23(21)39-28(25)31-17)34-12-10-33(11-13-34)15-18-6-7-20-19(14-18)16-35(29(20)38)22-8-9-24(36)32-27(22)37/h6-7,14,22H,2-5,8-13,15-16H2,1H3,(H,32,36,37). The van der Waals surface area contributed by atoms with Crippen LogP contribution in [0.25, 0.3) is 10.2 Å². The minimum absolute atomic E-state index is 0.123. The molecular formula is C29H32N6O3S. The Balaban J connectivity index is 1.03. The van der Waals surface area contributed by atoms with Crippen LogP contribution in [0.3, 0.4) is 0 Å². The van der Waals surface area contributed by atoms with E-state index in [1.807, 2.05) is 30.4 Å². The Morgan fingerprint density at radius 1 is 1.03 bits per heavy atom. The highest BCUT2D eigenvalue weighted by molar-refractivity contribution is 7.19. The summed E-state index contributed by atoms with van der Waals surface area (Å²) < 4.78 is 0. The molecule has 4 aliphatic rings. The molecule has 7 rings (SSSR count). The summed E-state index contributed by atoms with van der Waals surface area (Å²) in [4.78, 5) is 55.8. The Bertz CT molecular complexity index is 1510. The number of benzene rings is 1. The molecule has 2 aromatic heterocycles. The number of piperazine rings is 1. The minimum atomic E-state index is -0.579. The van der Waals surface area contributed by atoms with Crippen molar-refractivity contribution in [2.45, 2.75) is 64.6 Å². The second-order valence-electron chi connectivity index (χ2n) is 11.1. The Kier molecular flexibility index (Phi) is 6.12. The van der Waals surface area contributed by atoms with Crippen LogP contribution in [0.1, 0.15) is 63.4 Å². The van der Waals surface area contributed by atoms with Gasteiger partial charge >= 0.3 is 0 Å². The third kappa shape index (κ3) is 4.39. The smallest absolute Gasteiger partial charge is 0.255 e. The van der Waals surface area contributed by atoms with E-state index in [-0.39, 0.29) is 24.1 Å². The van der Waals surface area contributed by atoms with Gasteiger partial charge in [0.25, 0.3) is 5.91 Å². The predicted octanol–water partition coefficient (Wildman–Crippen LogP) is 2.96. The van der Waals surface area contributed by atoms with Gasteiger partial charge in [-0.05, 0) is 61.8 Å². The molecule has 3 aromatic rings. The van der Waals surface area contributed by atoms with Gasteiger partial charge in [-0.1, -0.05) is 12.1 Å². The van der Waals surface area contributed by atoms with Crippen LogP contribution >= 0.6 is 11.3 Å². The zero-order valence-corrected chi connectivity index (χ0v) is 23.0. The van der Waals surface area contributed by atoms with Crippen molar-refractivity contribution in [3.63, 3.8) is 0 Å². The number of hydrogen-bond donors (Lipinski definition) is 1. The first kappa shape index (κ1) is 24.7. The van der Waals surface area contributed by atoms with Crippen molar-refractivity contribution in [2.75, 3.05) is 31.1 Å². The normalized spacial score (nSPS) is 21.9. The van der Waals surface area contributed by atoms with Gasteiger partial charge in [0.15, 0.2) is 0 Å². The van der Waals surface area contributed by atoms with Gasteiger partial charge in [-0.2, -0.15) is 0 Å². The number of carbonyl (C=O) groups is 3. The molecule has 0 saturated carbocycles. The number of imide groups is 1. The van der Waals surface area contributed by atoms with Crippen molar-refractivity contribution in [1.29, 1.82) is 0 Å². The number of thiophene rings is 1. The van der Waals surface area contributed by atoms with Crippen molar-refractivity contribution in [1.82, 2.24) is 25.1 Å². The van der Waals surface area contributed by atoms with Crippen molar-refractivity contribution in [2.24, 2.45) is 0 Å². The maximum Gasteiger partial charge on any atom is 0.255 e. The van der Waals surface area contributed by atoms with Crippen LogP contribution in [0.2, 0.25) is 0 Å². The number of rotatable bonds is 4. The Morgan fingerprint density at radius 3 is 2.67 bits per heavy atom. The molecule has 3 aliphatic heterocycles. The molecule has 1 unspecified atom stereocenters. The molecule has 0 radical (unpaired) electrons. The molecule has 1 aliphatic carbocycles. The summed E-state index contributed by atoms with van der Waals surface area (Å²) in [6, 6.07) is 5.46. The first-order valence-electron chi connectivity index (χ1n) is 14.0. The second-order valence-corrected chi connectivity index (χ2v) is 12.2. The SMILES string of the molecule is Cc1nc(N2CCN(Cc3ccc4c(c3)CN(C3CCC(=O)NC3=O)C4=O)CC2)c2c3c(sc2n1)CCCC3. The number of piperidine rings is 1. The quantitative estimate of drug-likeness (QED) is 0.505. The van der Waals surface area contributed by atoms with Crippen LogP contribution in [-0.2, 0) is 35.5 Å². The number of fused-ring (bicyclic) bond motifs is 4. The fourth-order valence-corrected chi connectivity index (χ4v) is 7.87. The molecule has 0 spiro atoms. The molecule has 1 N–H and O–H groups in total. The van der Waals surface area contributed by atoms with E-state index >= 15 is 0 Å². The first-order valence-corrected chi connectivity index (χ1v) is 14.8. The summed E-state index contributed by atoms with van der Waals surface area (Å²) in [6.07, 6.45) is 5.47. The van der Waals surface area contributed by atoms with Crippen molar-refractivity contribution in [3.8, 4) is 0 Å². The lowest BCUT2D eigenvalue weighted by molar-refractivity contribution is -0.136. The number of anilines is 1. The lowest BCUT2D eigenvalue weighted by atomic mass is 9.97. The zero-order valence-electron chi connectivity index (χ0n) is 22.2. The van der Waals surface area contributed by atoms with E-state index in [1.165, 1.54) is 40.7 Å². The topological polar surface area (TPSA) is 98.7 Å². The summed E-state index contributed by atoms with van der Waals surface area (Å²) in [6.45, 7) is 6.95. The molecule has 2 saturated heterocycles. The van der Waals surface area contributed by atoms with E-state index in [1.54, 1.807) is 4.90 Å². The molecule has 3 amide bonds. The Hall–Kier alpha value is -3.37. The molecule has 9 nitrogen and oxygen atoms in total. The Labute approximate surface area is 231 Å². The third-order valence-corrected chi connectivity index (χ3v) is 9.76. The van der Waals surface area contributed by atoms with Gasteiger partial charge in [-0.15, -0.1) is 11.3 Å². The van der Waals surface area contributed by atoms with E-state index in [0.29, 0.717) is 18.5 Å². The minimum Gasteiger partial charge on any atom is -0.353 e. The largest absolute Gasteiger partial charge is 0.353 e. The fourth-order valence-electron chi connectivity index (χ4n) is 6.57. The number of aryl methyl sites for hydroxylation is 3. The van der Waals surface area contributed by atoms with Gasteiger partial charge in [-0.3, -0.25) is 24.6 Å². The maximum absolute atomic E-state index is 13.0. The van der Waals surface area contributed by atoms with Gasteiger partial charge in [0.2, 0.25) is 11.8 Å². The molecule has 10 heteroatoms. The Morgan fingerprint density at radius 2 is 1.85 bits per heavy atom. The van der Waals surface area contributed by atoms with Gasteiger partial charge in [0, 0.05) is 56.1 Å². The van der Waals surface area contributed by atoms with E-state index in [0.717, 1.165) is 61.2 Å². The predicted molar refractivity (Wildman–Crippen MR) is 149 cm³/mol. The number of nitrogens with one attached hydrogen (secondary N) is 1. The summed E-state index contributed by atoms with van der Waals surface area (Å²) in [5.74, 6) is 1.20.